The number of carbonyl (C=O) groups is 2. The van der Waals surface area contributed by atoms with E-state index in [4.69, 9.17) is 4.74 Å². The third kappa shape index (κ3) is 2.02. The van der Waals surface area contributed by atoms with Crippen molar-refractivity contribution in [1.29, 1.82) is 0 Å². The summed E-state index contributed by atoms with van der Waals surface area (Å²) in [5.74, 6) is -0.192. The van der Waals surface area contributed by atoms with Crippen molar-refractivity contribution in [2.75, 3.05) is 6.54 Å². The van der Waals surface area contributed by atoms with E-state index in [9.17, 15) is 9.59 Å². The first-order chi connectivity index (χ1) is 12.1. The largest absolute Gasteiger partial charge is 0.424 e. The molecule has 0 amide bonds. The molecule has 0 spiro atoms. The molecular weight excluding hydrogens is 316 g/mol. The molecule has 4 aliphatic heterocycles. The number of aryl methyl sites for hydroxylation is 1. The molecule has 5 heterocycles. The zero-order chi connectivity index (χ0) is 17.1. The van der Waals surface area contributed by atoms with E-state index in [-0.39, 0.29) is 11.7 Å². The molecule has 1 N–H and O–H groups in total. The third-order valence-electron chi connectivity index (χ3n) is 5.12. The highest BCUT2D eigenvalue weighted by Crippen LogP contribution is 2.42. The number of piperidine rings is 1. The molecule has 25 heavy (non-hydrogen) atoms. The summed E-state index contributed by atoms with van der Waals surface area (Å²) in [7, 11) is 0. The lowest BCUT2D eigenvalue weighted by molar-refractivity contribution is -0.126. The van der Waals surface area contributed by atoms with Gasteiger partial charge < -0.3 is 14.6 Å². The number of benzene rings is 1. The fourth-order valence-corrected chi connectivity index (χ4v) is 3.85. The number of ether oxygens (including phenoxy) is 1. The van der Waals surface area contributed by atoms with Gasteiger partial charge in [-0.3, -0.25) is 4.79 Å². The summed E-state index contributed by atoms with van der Waals surface area (Å²) in [6, 6.07) is 5.90. The number of allylic oxidation sites excluding steroid dienone is 5. The second-order valence-electron chi connectivity index (χ2n) is 6.72. The first kappa shape index (κ1) is 14.3. The summed E-state index contributed by atoms with van der Waals surface area (Å²) in [6.45, 7) is 2.35. The third-order valence-corrected chi connectivity index (χ3v) is 5.12. The summed E-state index contributed by atoms with van der Waals surface area (Å²) < 4.78 is 5.75. The maximum atomic E-state index is 12.8. The van der Waals surface area contributed by atoms with Crippen molar-refractivity contribution < 1.29 is 14.3 Å². The Morgan fingerprint density at radius 2 is 2.24 bits per heavy atom. The highest BCUT2D eigenvalue weighted by molar-refractivity contribution is 6.05. The van der Waals surface area contributed by atoms with E-state index in [2.05, 4.69) is 4.98 Å². The molecule has 1 atom stereocenters. The quantitative estimate of drug-likeness (QED) is 0.858. The Hall–Kier alpha value is -3.08. The number of fused-ring (bicyclic) bond motifs is 2. The number of ketones is 1. The van der Waals surface area contributed by atoms with Crippen molar-refractivity contribution in [1.82, 2.24) is 9.88 Å². The van der Waals surface area contributed by atoms with E-state index in [1.807, 2.05) is 48.3 Å². The van der Waals surface area contributed by atoms with Crippen molar-refractivity contribution in [2.45, 2.75) is 13.3 Å². The average Bonchev–Trinajstić information content (AvgIpc) is 3.00. The van der Waals surface area contributed by atoms with Crippen LogP contribution in [0.15, 0.2) is 59.8 Å². The fraction of sp³-hybridized carbons (Fsp3) is 0.200. The van der Waals surface area contributed by atoms with Gasteiger partial charge in [0.05, 0.1) is 23.7 Å². The van der Waals surface area contributed by atoms with Gasteiger partial charge in [0, 0.05) is 29.2 Å². The number of H-pyrrole nitrogens is 1. The number of aromatic nitrogens is 1. The van der Waals surface area contributed by atoms with E-state index in [0.29, 0.717) is 24.3 Å². The van der Waals surface area contributed by atoms with Crippen molar-refractivity contribution in [3.05, 3.63) is 70.9 Å². The highest BCUT2D eigenvalue weighted by atomic mass is 16.5. The van der Waals surface area contributed by atoms with Gasteiger partial charge in [-0.05, 0) is 31.2 Å². The summed E-state index contributed by atoms with van der Waals surface area (Å²) in [4.78, 5) is 30.1. The molecule has 5 nitrogen and oxygen atoms in total. The Balaban J connectivity index is 1.55. The number of hydrogen-bond acceptors (Lipinski definition) is 4. The monoisotopic (exact) mass is 332 g/mol. The Labute approximate surface area is 144 Å². The summed E-state index contributed by atoms with van der Waals surface area (Å²) in [6.07, 6.45) is 8.13. The van der Waals surface area contributed by atoms with Crippen LogP contribution in [0.25, 0.3) is 10.9 Å². The molecule has 1 aromatic heterocycles. The van der Waals surface area contributed by atoms with Gasteiger partial charge in [0.15, 0.2) is 5.78 Å². The Morgan fingerprint density at radius 3 is 3.12 bits per heavy atom. The van der Waals surface area contributed by atoms with Gasteiger partial charge in [-0.15, -0.1) is 0 Å². The lowest BCUT2D eigenvalue weighted by Gasteiger charge is -2.43. The standard InChI is InChI=1S/C20H16N2O3/c1-11-5-6-16-13(7-11)15(9-21-16)20(24)25-19-14-8-12-3-2-4-17(19)22(12)10-18(14)23/h2-7,9,14,21H,8,10H2,1H3. The van der Waals surface area contributed by atoms with Gasteiger partial charge >= 0.3 is 5.97 Å². The Bertz CT molecular complexity index is 1040. The van der Waals surface area contributed by atoms with Gasteiger partial charge in [-0.2, -0.15) is 0 Å². The van der Waals surface area contributed by atoms with Crippen LogP contribution in [-0.2, 0) is 9.53 Å². The molecular formula is C20H16N2O3. The van der Waals surface area contributed by atoms with E-state index in [1.54, 1.807) is 6.20 Å². The minimum absolute atomic E-state index is 0.105. The van der Waals surface area contributed by atoms with E-state index in [1.165, 1.54) is 0 Å². The second kappa shape index (κ2) is 4.96. The molecule has 1 saturated heterocycles. The number of hydrogen-bond donors (Lipinski definition) is 1. The van der Waals surface area contributed by atoms with E-state index < -0.39 is 5.97 Å². The number of nitrogens with one attached hydrogen (secondary N) is 1. The number of rotatable bonds is 2. The van der Waals surface area contributed by atoms with Gasteiger partial charge in [-0.1, -0.05) is 17.7 Å². The molecule has 124 valence electrons. The van der Waals surface area contributed by atoms with Crippen LogP contribution >= 0.6 is 0 Å². The van der Waals surface area contributed by atoms with Crippen LogP contribution in [-0.4, -0.2) is 28.2 Å². The summed E-state index contributed by atoms with van der Waals surface area (Å²) >= 11 is 0. The number of esters is 1. The number of aromatic amines is 1. The zero-order valence-electron chi connectivity index (χ0n) is 13.7. The molecule has 0 radical (unpaired) electrons. The normalized spacial score (nSPS) is 21.2. The van der Waals surface area contributed by atoms with Gasteiger partial charge in [-0.25, -0.2) is 4.79 Å². The van der Waals surface area contributed by atoms with Crippen LogP contribution in [0.3, 0.4) is 0 Å². The molecule has 6 rings (SSSR count). The number of Topliss-reactive ketones (excluding diaryl/α,β-unsaturated/α-hetero) is 1. The lowest BCUT2D eigenvalue weighted by Crippen LogP contribution is -2.46. The molecule has 0 saturated carbocycles. The molecule has 1 aromatic carbocycles. The van der Waals surface area contributed by atoms with Crippen molar-refractivity contribution in [3.8, 4) is 0 Å². The highest BCUT2D eigenvalue weighted by Gasteiger charge is 2.44. The molecule has 2 aromatic rings. The summed E-state index contributed by atoms with van der Waals surface area (Å²) in [5, 5.41) is 0.836. The Kier molecular flexibility index (Phi) is 2.83. The van der Waals surface area contributed by atoms with Crippen molar-refractivity contribution >= 4 is 22.7 Å². The molecule has 5 heteroatoms. The number of carbonyl (C=O) groups excluding carboxylic acids is 2. The predicted molar refractivity (Wildman–Crippen MR) is 92.5 cm³/mol. The molecule has 1 fully saturated rings. The predicted octanol–water partition coefficient (Wildman–Crippen LogP) is 3.20. The van der Waals surface area contributed by atoms with Crippen LogP contribution < -0.4 is 0 Å². The van der Waals surface area contributed by atoms with Gasteiger partial charge in [0.25, 0.3) is 0 Å². The van der Waals surface area contributed by atoms with Crippen molar-refractivity contribution in [2.24, 2.45) is 5.92 Å². The zero-order valence-corrected chi connectivity index (χ0v) is 13.7. The maximum absolute atomic E-state index is 12.8. The Morgan fingerprint density at radius 1 is 1.36 bits per heavy atom. The number of nitrogens with zero attached hydrogens (tertiary/aromatic N) is 1. The van der Waals surface area contributed by atoms with E-state index in [0.717, 1.165) is 27.9 Å². The maximum Gasteiger partial charge on any atom is 0.345 e. The van der Waals surface area contributed by atoms with Crippen LogP contribution in [0, 0.1) is 12.8 Å². The van der Waals surface area contributed by atoms with Crippen LogP contribution in [0.2, 0.25) is 0 Å². The fourth-order valence-electron chi connectivity index (χ4n) is 3.85. The lowest BCUT2D eigenvalue weighted by atomic mass is 9.83. The average molecular weight is 332 g/mol. The van der Waals surface area contributed by atoms with Crippen molar-refractivity contribution in [3.63, 3.8) is 0 Å². The molecule has 0 aliphatic carbocycles. The first-order valence-corrected chi connectivity index (χ1v) is 8.33. The molecule has 4 bridgehead atoms. The second-order valence-corrected chi connectivity index (χ2v) is 6.72. The van der Waals surface area contributed by atoms with Crippen LogP contribution in [0.4, 0.5) is 0 Å². The van der Waals surface area contributed by atoms with Gasteiger partial charge in [0.1, 0.15) is 5.76 Å². The summed E-state index contributed by atoms with van der Waals surface area (Å²) in [5.41, 5.74) is 4.41. The topological polar surface area (TPSA) is 62.4 Å². The SMILES string of the molecule is Cc1ccc2[nH]cc(C(=O)OC3=C4C=CC=C5CC3C(=O)CN54)c2c1. The minimum Gasteiger partial charge on any atom is -0.424 e. The van der Waals surface area contributed by atoms with Gasteiger partial charge in [0.2, 0.25) is 0 Å². The first-order valence-electron chi connectivity index (χ1n) is 8.33. The van der Waals surface area contributed by atoms with Crippen LogP contribution in [0.1, 0.15) is 22.3 Å². The minimum atomic E-state index is -0.426. The van der Waals surface area contributed by atoms with Crippen LogP contribution in [0.5, 0.6) is 0 Å². The molecule has 4 aliphatic rings. The molecule has 1 unspecified atom stereocenters. The smallest absolute Gasteiger partial charge is 0.345 e. The van der Waals surface area contributed by atoms with E-state index >= 15 is 0 Å².